The van der Waals surface area contributed by atoms with Crippen molar-refractivity contribution in [1.82, 2.24) is 0 Å². The molecule has 90 heavy (non-hydrogen) atoms. The molecule has 0 saturated heterocycles. The van der Waals surface area contributed by atoms with E-state index in [-0.39, 0.29) is 50.8 Å². The Labute approximate surface area is 541 Å². The molecule has 0 N–H and O–H groups in total. The fourth-order valence-electron chi connectivity index (χ4n) is 7.86. The lowest BCUT2D eigenvalue weighted by molar-refractivity contribution is 0.129. The highest BCUT2D eigenvalue weighted by Gasteiger charge is 2.17. The number of ether oxygens (including phenoxy) is 7. The summed E-state index contributed by atoms with van der Waals surface area (Å²) >= 11 is 0. The molecule has 9 rings (SSSR count). The number of aryl methyl sites for hydroxylation is 3. The Morgan fingerprint density at radius 3 is 1.02 bits per heavy atom. The van der Waals surface area contributed by atoms with E-state index in [2.05, 4.69) is 122 Å². The molecular weight excluding hydrogens is 1120 g/mol. The van der Waals surface area contributed by atoms with Crippen molar-refractivity contribution in [2.24, 2.45) is 0 Å². The summed E-state index contributed by atoms with van der Waals surface area (Å²) in [5.74, 6) is 5.36. The van der Waals surface area contributed by atoms with Crippen LogP contribution in [0.1, 0.15) is 162 Å². The summed E-state index contributed by atoms with van der Waals surface area (Å²) < 4.78 is 65.2. The van der Waals surface area contributed by atoms with E-state index in [1.807, 2.05) is 208 Å². The van der Waals surface area contributed by atoms with Gasteiger partial charge in [0.25, 0.3) is 0 Å². The van der Waals surface area contributed by atoms with Crippen molar-refractivity contribution in [3.05, 3.63) is 235 Å². The monoisotopic (exact) mass is 1230 g/mol. The molecule has 0 bridgehead atoms. The van der Waals surface area contributed by atoms with E-state index in [0.717, 1.165) is 34.3 Å². The minimum atomic E-state index is -0.279. The normalized spacial score (nSPS) is 11.4. The van der Waals surface area contributed by atoms with Crippen LogP contribution in [0.4, 0.5) is 8.78 Å². The minimum Gasteiger partial charge on any atom is -0.488 e. The summed E-state index contributed by atoms with van der Waals surface area (Å²) in [6.45, 7) is 48.4. The van der Waals surface area contributed by atoms with Crippen LogP contribution in [0.15, 0.2) is 206 Å². The Morgan fingerprint density at radius 1 is 0.233 bits per heavy atom. The van der Waals surface area contributed by atoms with Crippen LogP contribution in [-0.2, 0) is 0 Å². The molecule has 7 nitrogen and oxygen atoms in total. The van der Waals surface area contributed by atoms with Gasteiger partial charge >= 0.3 is 0 Å². The SMILES string of the molecule is CC(C)(C)Oc1ccc2ccccc2c1.CC(C)(C)Oc1cccc(F)c1.CC(C)(C)Oc1cccc2ccccc12.CC(C)(C)Oc1ccccc1.Cc1ccc(F)cc1OC(C)(C)C.Cc1ccc(OC(C)(C)C)cc1.Cc1ccc(OC(C)(C)C)cc1. The van der Waals surface area contributed by atoms with E-state index >= 15 is 0 Å². The van der Waals surface area contributed by atoms with E-state index in [0.29, 0.717) is 11.5 Å². The van der Waals surface area contributed by atoms with Crippen molar-refractivity contribution in [2.75, 3.05) is 0 Å². The third kappa shape index (κ3) is 35.2. The molecule has 0 spiro atoms. The van der Waals surface area contributed by atoms with E-state index in [4.69, 9.17) is 33.2 Å². The zero-order valence-electron chi connectivity index (χ0n) is 58.7. The number of hydrogen-bond acceptors (Lipinski definition) is 7. The van der Waals surface area contributed by atoms with Gasteiger partial charge in [0, 0.05) is 17.5 Å². The first-order valence-corrected chi connectivity index (χ1v) is 31.0. The minimum absolute atomic E-state index is 0.0959. The van der Waals surface area contributed by atoms with E-state index in [1.54, 1.807) is 18.2 Å². The van der Waals surface area contributed by atoms with Gasteiger partial charge in [-0.05, 0) is 261 Å². The number of benzene rings is 9. The third-order valence-electron chi connectivity index (χ3n) is 11.2. The zero-order valence-corrected chi connectivity index (χ0v) is 58.7. The summed E-state index contributed by atoms with van der Waals surface area (Å²) in [7, 11) is 0. The zero-order chi connectivity index (χ0) is 67.7. The van der Waals surface area contributed by atoms with Gasteiger partial charge in [-0.1, -0.05) is 132 Å². The molecule has 0 atom stereocenters. The smallest absolute Gasteiger partial charge is 0.127 e. The Kier molecular flexibility index (Phi) is 29.0. The summed E-state index contributed by atoms with van der Waals surface area (Å²) in [6, 6.07) is 65.7. The van der Waals surface area contributed by atoms with Gasteiger partial charge in [-0.3, -0.25) is 0 Å². The van der Waals surface area contributed by atoms with Crippen LogP contribution >= 0.6 is 0 Å². The van der Waals surface area contributed by atoms with Gasteiger partial charge in [-0.25, -0.2) is 8.78 Å². The van der Waals surface area contributed by atoms with Crippen molar-refractivity contribution >= 4 is 21.5 Å². The quantitative estimate of drug-likeness (QED) is 0.158. The lowest BCUT2D eigenvalue weighted by Crippen LogP contribution is -2.23. The molecule has 0 saturated carbocycles. The molecule has 9 aromatic rings. The van der Waals surface area contributed by atoms with Crippen molar-refractivity contribution in [3.63, 3.8) is 0 Å². The van der Waals surface area contributed by atoms with E-state index < -0.39 is 0 Å². The highest BCUT2D eigenvalue weighted by atomic mass is 19.1. The Balaban J connectivity index is 0.000000275. The molecule has 0 radical (unpaired) electrons. The van der Waals surface area contributed by atoms with Gasteiger partial charge in [-0.15, -0.1) is 0 Å². The molecule has 0 aliphatic rings. The lowest BCUT2D eigenvalue weighted by atomic mass is 10.1. The van der Waals surface area contributed by atoms with Crippen LogP contribution in [0.25, 0.3) is 21.5 Å². The maximum atomic E-state index is 12.8. The van der Waals surface area contributed by atoms with Crippen LogP contribution in [0, 0.1) is 32.4 Å². The summed E-state index contributed by atoms with van der Waals surface area (Å²) in [6.07, 6.45) is 0. The molecule has 0 fully saturated rings. The van der Waals surface area contributed by atoms with Crippen LogP contribution < -0.4 is 33.2 Å². The number of fused-ring (bicyclic) bond motifs is 2. The van der Waals surface area contributed by atoms with Crippen molar-refractivity contribution < 1.29 is 41.9 Å². The molecule has 0 aliphatic heterocycles. The topological polar surface area (TPSA) is 64.6 Å². The lowest BCUT2D eigenvalue weighted by Gasteiger charge is -2.22. The van der Waals surface area contributed by atoms with Gasteiger partial charge in [0.1, 0.15) is 91.1 Å². The second kappa shape index (κ2) is 34.2. The number of para-hydroxylation sites is 1. The summed E-state index contributed by atoms with van der Waals surface area (Å²) in [4.78, 5) is 0. The number of halogens is 2. The molecule has 9 heteroatoms. The van der Waals surface area contributed by atoms with Crippen LogP contribution in [-0.4, -0.2) is 39.2 Å². The average molecular weight is 1230 g/mol. The average Bonchev–Trinajstić information content (AvgIpc) is 1.90. The van der Waals surface area contributed by atoms with E-state index in [9.17, 15) is 8.78 Å². The standard InChI is InChI=1S/2C14H16O.C11H15FO.2C11H16O.C10H13FO.C10H14O/c1-14(2,3)15-13-10-6-8-11-7-4-5-9-12(11)13;1-14(2,3)15-13-9-8-11-6-4-5-7-12(11)10-13;1-8-5-6-9(12)7-10(8)13-11(2,3)4;2*1-9-5-7-10(8-6-9)12-11(2,3)4;1-10(2,3)12-9-6-4-5-8(11)7-9;1-10(2,3)11-9-7-5-4-6-8-9/h2*4-10H,1-3H3;5-7H,1-4H3;2*5-8H,1-4H3;4-7H,1-3H3;4-8H,1-3H3. The van der Waals surface area contributed by atoms with Crippen LogP contribution in [0.3, 0.4) is 0 Å². The van der Waals surface area contributed by atoms with Gasteiger partial charge in [0.2, 0.25) is 0 Å². The largest absolute Gasteiger partial charge is 0.488 e. The van der Waals surface area contributed by atoms with Crippen molar-refractivity contribution in [2.45, 2.75) is 205 Å². The number of hydrogen-bond donors (Lipinski definition) is 0. The first-order chi connectivity index (χ1) is 41.5. The van der Waals surface area contributed by atoms with Gasteiger partial charge in [0.05, 0.1) is 0 Å². The molecule has 0 unspecified atom stereocenters. The third-order valence-corrected chi connectivity index (χ3v) is 11.2. The Morgan fingerprint density at radius 2 is 0.567 bits per heavy atom. The van der Waals surface area contributed by atoms with Gasteiger partial charge < -0.3 is 33.2 Å². The maximum absolute atomic E-state index is 12.8. The predicted octanol–water partition coefficient (Wildman–Crippen LogP) is 23.6. The van der Waals surface area contributed by atoms with Crippen LogP contribution in [0.2, 0.25) is 0 Å². The highest BCUT2D eigenvalue weighted by Crippen LogP contribution is 2.29. The molecular formula is C81H106F2O7. The Hall–Kier alpha value is -8.04. The fourth-order valence-corrected chi connectivity index (χ4v) is 7.86. The Bertz CT molecular complexity index is 3420. The highest BCUT2D eigenvalue weighted by molar-refractivity contribution is 5.88. The van der Waals surface area contributed by atoms with Crippen molar-refractivity contribution in [1.29, 1.82) is 0 Å². The van der Waals surface area contributed by atoms with Crippen molar-refractivity contribution in [3.8, 4) is 40.2 Å². The van der Waals surface area contributed by atoms with Gasteiger partial charge in [0.15, 0.2) is 0 Å². The first-order valence-electron chi connectivity index (χ1n) is 31.0. The molecule has 486 valence electrons. The second-order valence-corrected chi connectivity index (χ2v) is 28.8. The number of rotatable bonds is 7. The maximum Gasteiger partial charge on any atom is 0.127 e. The molecule has 0 aliphatic carbocycles. The first kappa shape index (κ1) is 76.2. The van der Waals surface area contributed by atoms with Gasteiger partial charge in [-0.2, -0.15) is 0 Å². The molecule has 9 aromatic carbocycles. The van der Waals surface area contributed by atoms with Crippen LogP contribution in [0.5, 0.6) is 40.2 Å². The van der Waals surface area contributed by atoms with E-state index in [1.165, 1.54) is 56.9 Å². The molecule has 0 amide bonds. The predicted molar refractivity (Wildman–Crippen MR) is 377 cm³/mol. The summed E-state index contributed by atoms with van der Waals surface area (Å²) in [5, 5.41) is 4.87. The molecule has 0 aromatic heterocycles. The summed E-state index contributed by atoms with van der Waals surface area (Å²) in [5.41, 5.74) is 2.34. The molecule has 0 heterocycles. The second-order valence-electron chi connectivity index (χ2n) is 28.8. The fraction of sp³-hybridized carbons (Fsp3) is 0.383.